The molecule has 1 aliphatic heterocycles. The number of amides is 2. The minimum Gasteiger partial charge on any atom is -0.334 e. The molecule has 7 nitrogen and oxygen atoms in total. The van der Waals surface area contributed by atoms with Crippen molar-refractivity contribution in [2.24, 2.45) is 5.73 Å². The SMILES string of the molecule is NCc1cccc(NC(=O)NCc2cc(F)ccc2F)c1S(=O)(=O)N1CCCCC1. The molecule has 162 valence electrons. The van der Waals surface area contributed by atoms with Gasteiger partial charge < -0.3 is 16.4 Å². The molecular formula is C20H24F2N4O3S. The van der Waals surface area contributed by atoms with Gasteiger partial charge in [-0.25, -0.2) is 22.0 Å². The molecule has 10 heteroatoms. The number of halogens is 2. The van der Waals surface area contributed by atoms with Crippen LogP contribution in [0.3, 0.4) is 0 Å². The molecule has 1 saturated heterocycles. The average molecular weight is 439 g/mol. The van der Waals surface area contributed by atoms with E-state index in [4.69, 9.17) is 5.73 Å². The van der Waals surface area contributed by atoms with Crippen molar-refractivity contribution >= 4 is 21.7 Å². The molecule has 0 aromatic heterocycles. The zero-order valence-electron chi connectivity index (χ0n) is 16.3. The van der Waals surface area contributed by atoms with Gasteiger partial charge in [-0.3, -0.25) is 0 Å². The number of anilines is 1. The lowest BCUT2D eigenvalue weighted by Crippen LogP contribution is -2.37. The van der Waals surface area contributed by atoms with Crippen molar-refractivity contribution in [3.8, 4) is 0 Å². The van der Waals surface area contributed by atoms with Crippen LogP contribution in [-0.2, 0) is 23.1 Å². The lowest BCUT2D eigenvalue weighted by molar-refractivity contribution is 0.251. The molecule has 1 aliphatic rings. The molecule has 1 heterocycles. The van der Waals surface area contributed by atoms with E-state index in [9.17, 15) is 22.0 Å². The number of urea groups is 1. The van der Waals surface area contributed by atoms with Gasteiger partial charge in [-0.15, -0.1) is 0 Å². The fourth-order valence-electron chi connectivity index (χ4n) is 3.40. The van der Waals surface area contributed by atoms with Crippen molar-refractivity contribution in [3.63, 3.8) is 0 Å². The largest absolute Gasteiger partial charge is 0.334 e. The zero-order chi connectivity index (χ0) is 21.7. The predicted octanol–water partition coefficient (Wildman–Crippen LogP) is 2.92. The molecule has 0 atom stereocenters. The Kier molecular flexibility index (Phi) is 7.01. The number of piperidine rings is 1. The monoisotopic (exact) mass is 438 g/mol. The van der Waals surface area contributed by atoms with Crippen LogP contribution >= 0.6 is 0 Å². The van der Waals surface area contributed by atoms with Crippen molar-refractivity contribution in [1.29, 1.82) is 0 Å². The summed E-state index contributed by atoms with van der Waals surface area (Å²) in [7, 11) is -3.86. The highest BCUT2D eigenvalue weighted by Crippen LogP contribution is 2.30. The van der Waals surface area contributed by atoms with Gasteiger partial charge in [0.05, 0.1) is 5.69 Å². The topological polar surface area (TPSA) is 105 Å². The van der Waals surface area contributed by atoms with Gasteiger partial charge in [0.15, 0.2) is 0 Å². The Morgan fingerprint density at radius 3 is 2.50 bits per heavy atom. The van der Waals surface area contributed by atoms with Gasteiger partial charge in [-0.05, 0) is 42.7 Å². The third-order valence-corrected chi connectivity index (χ3v) is 6.97. The normalized spacial score (nSPS) is 15.0. The van der Waals surface area contributed by atoms with E-state index < -0.39 is 27.7 Å². The van der Waals surface area contributed by atoms with E-state index in [1.54, 1.807) is 12.1 Å². The molecule has 2 amide bonds. The van der Waals surface area contributed by atoms with E-state index in [2.05, 4.69) is 10.6 Å². The van der Waals surface area contributed by atoms with E-state index in [1.165, 1.54) is 10.4 Å². The number of rotatable bonds is 6. The quantitative estimate of drug-likeness (QED) is 0.645. The summed E-state index contributed by atoms with van der Waals surface area (Å²) < 4.78 is 54.9. The number of hydrogen-bond acceptors (Lipinski definition) is 4. The second kappa shape index (κ2) is 9.50. The number of carbonyl (C=O) groups excluding carboxylic acids is 1. The number of nitrogens with one attached hydrogen (secondary N) is 2. The summed E-state index contributed by atoms with van der Waals surface area (Å²) in [5.74, 6) is -1.28. The number of nitrogens with two attached hydrogens (primary N) is 1. The van der Waals surface area contributed by atoms with Gasteiger partial charge in [-0.2, -0.15) is 4.31 Å². The summed E-state index contributed by atoms with van der Waals surface area (Å²) in [6.07, 6.45) is 2.51. The van der Waals surface area contributed by atoms with Gasteiger partial charge in [0, 0.05) is 31.7 Å². The Bertz CT molecular complexity index is 1020. The second-order valence-corrected chi connectivity index (χ2v) is 8.88. The minimum atomic E-state index is -3.86. The van der Waals surface area contributed by atoms with Crippen molar-refractivity contribution < 1.29 is 22.0 Å². The third kappa shape index (κ3) is 4.94. The molecule has 0 aliphatic carbocycles. The van der Waals surface area contributed by atoms with Crippen molar-refractivity contribution in [3.05, 3.63) is 59.2 Å². The first-order chi connectivity index (χ1) is 14.3. The highest BCUT2D eigenvalue weighted by Gasteiger charge is 2.30. The summed E-state index contributed by atoms with van der Waals surface area (Å²) >= 11 is 0. The van der Waals surface area contributed by atoms with Gasteiger partial charge in [-0.1, -0.05) is 18.6 Å². The standard InChI is InChI=1S/C20H24F2N4O3S/c21-16-7-8-17(22)15(11-16)13-24-20(27)25-18-6-4-5-14(12-23)19(18)30(28,29)26-9-2-1-3-10-26/h4-8,11H,1-3,9-10,12-13,23H2,(H2,24,25,27). The van der Waals surface area contributed by atoms with Crippen LogP contribution in [0, 0.1) is 11.6 Å². The van der Waals surface area contributed by atoms with Crippen molar-refractivity contribution in [2.75, 3.05) is 18.4 Å². The van der Waals surface area contributed by atoms with Crippen LogP contribution in [0.25, 0.3) is 0 Å². The molecule has 4 N–H and O–H groups in total. The van der Waals surface area contributed by atoms with Crippen LogP contribution in [0.4, 0.5) is 19.3 Å². The molecule has 0 unspecified atom stereocenters. The molecule has 0 radical (unpaired) electrons. The van der Waals surface area contributed by atoms with Gasteiger partial charge in [0.1, 0.15) is 16.5 Å². The summed E-state index contributed by atoms with van der Waals surface area (Å²) in [5, 5.41) is 4.92. The number of sulfonamides is 1. The Morgan fingerprint density at radius 2 is 1.80 bits per heavy atom. The maximum Gasteiger partial charge on any atom is 0.319 e. The molecular weight excluding hydrogens is 414 g/mol. The van der Waals surface area contributed by atoms with Crippen molar-refractivity contribution in [1.82, 2.24) is 9.62 Å². The number of carbonyl (C=O) groups is 1. The smallest absolute Gasteiger partial charge is 0.319 e. The Balaban J connectivity index is 1.82. The zero-order valence-corrected chi connectivity index (χ0v) is 17.1. The van der Waals surface area contributed by atoms with E-state index in [-0.39, 0.29) is 29.2 Å². The first kappa shape index (κ1) is 22.1. The fourth-order valence-corrected chi connectivity index (χ4v) is 5.28. The Labute approximate surface area is 174 Å². The van der Waals surface area contributed by atoms with Crippen LogP contribution in [-0.4, -0.2) is 31.8 Å². The molecule has 0 bridgehead atoms. The summed E-state index contributed by atoms with van der Waals surface area (Å²) in [6.45, 7) is 0.533. The first-order valence-corrected chi connectivity index (χ1v) is 11.1. The van der Waals surface area contributed by atoms with E-state index in [0.717, 1.165) is 37.5 Å². The summed E-state index contributed by atoms with van der Waals surface area (Å²) in [6, 6.07) is 6.85. The van der Waals surface area contributed by atoms with Crippen LogP contribution in [0.1, 0.15) is 30.4 Å². The van der Waals surface area contributed by atoms with Gasteiger partial charge in [0.2, 0.25) is 10.0 Å². The van der Waals surface area contributed by atoms with Gasteiger partial charge in [0.25, 0.3) is 0 Å². The fraction of sp³-hybridized carbons (Fsp3) is 0.350. The summed E-state index contributed by atoms with van der Waals surface area (Å²) in [4.78, 5) is 12.3. The molecule has 0 saturated carbocycles. The molecule has 1 fully saturated rings. The van der Waals surface area contributed by atoms with E-state index >= 15 is 0 Å². The Morgan fingerprint density at radius 1 is 1.07 bits per heavy atom. The number of hydrogen-bond donors (Lipinski definition) is 3. The van der Waals surface area contributed by atoms with Crippen LogP contribution < -0.4 is 16.4 Å². The average Bonchev–Trinajstić information content (AvgIpc) is 2.74. The lowest BCUT2D eigenvalue weighted by Gasteiger charge is -2.28. The number of nitrogens with zero attached hydrogens (tertiary/aromatic N) is 1. The molecule has 2 aromatic carbocycles. The maximum absolute atomic E-state index is 13.7. The Hall–Kier alpha value is -2.56. The lowest BCUT2D eigenvalue weighted by atomic mass is 10.2. The molecule has 3 rings (SSSR count). The molecule has 0 spiro atoms. The minimum absolute atomic E-state index is 0.0198. The van der Waals surface area contributed by atoms with Crippen LogP contribution in [0.5, 0.6) is 0 Å². The third-order valence-electron chi connectivity index (χ3n) is 4.92. The van der Waals surface area contributed by atoms with Gasteiger partial charge >= 0.3 is 6.03 Å². The molecule has 30 heavy (non-hydrogen) atoms. The van der Waals surface area contributed by atoms with Crippen LogP contribution in [0.15, 0.2) is 41.3 Å². The predicted molar refractivity (Wildman–Crippen MR) is 109 cm³/mol. The van der Waals surface area contributed by atoms with E-state index in [0.29, 0.717) is 18.7 Å². The van der Waals surface area contributed by atoms with Crippen molar-refractivity contribution in [2.45, 2.75) is 37.2 Å². The highest BCUT2D eigenvalue weighted by atomic mass is 32.2. The molecule has 2 aromatic rings. The summed E-state index contributed by atoms with van der Waals surface area (Å²) in [5.41, 5.74) is 6.20. The highest BCUT2D eigenvalue weighted by molar-refractivity contribution is 7.89. The maximum atomic E-state index is 13.7. The second-order valence-electron chi connectivity index (χ2n) is 7.01. The van der Waals surface area contributed by atoms with E-state index in [1.807, 2.05) is 0 Å². The van der Waals surface area contributed by atoms with Crippen LogP contribution in [0.2, 0.25) is 0 Å². The first-order valence-electron chi connectivity index (χ1n) is 9.64. The number of benzene rings is 2.